The summed E-state index contributed by atoms with van der Waals surface area (Å²) in [4.78, 5) is 0. The van der Waals surface area contributed by atoms with Crippen LogP contribution in [0.4, 0.5) is 10.1 Å². The monoisotopic (exact) mass is 462 g/mol. The van der Waals surface area contributed by atoms with Crippen molar-refractivity contribution in [2.24, 2.45) is 17.8 Å². The average molecular weight is 463 g/mol. The molecule has 3 nitrogen and oxygen atoms in total. The lowest BCUT2D eigenvalue weighted by molar-refractivity contribution is 0.0107. The van der Waals surface area contributed by atoms with Crippen LogP contribution in [0.2, 0.25) is 0 Å². The summed E-state index contributed by atoms with van der Waals surface area (Å²) in [6, 6.07) is 12.4. The molecular formula is C30H39FN2O. The topological polar surface area (TPSA) is 33.3 Å². The number of hydrogen-bond donors (Lipinski definition) is 2. The van der Waals surface area contributed by atoms with Gasteiger partial charge in [0.15, 0.2) is 0 Å². The molecule has 0 aromatic heterocycles. The van der Waals surface area contributed by atoms with Gasteiger partial charge in [-0.1, -0.05) is 31.9 Å². The highest BCUT2D eigenvalue weighted by molar-refractivity contribution is 5.51. The molecule has 2 atom stereocenters. The fourth-order valence-electron chi connectivity index (χ4n) is 8.12. The molecule has 5 aliphatic rings. The SMILES string of the molecule is CCCC[C@H]1Cc2cc(OC)ccc2[C@H](c2ccc(NC34CC5CC(CC(C5)C3)C4)cc2F)N1. The zero-order chi connectivity index (χ0) is 23.3. The molecule has 0 amide bonds. The summed E-state index contributed by atoms with van der Waals surface area (Å²) in [5.74, 6) is 3.41. The molecule has 2 aromatic rings. The normalized spacial score (nSPS) is 33.6. The molecule has 4 bridgehead atoms. The molecule has 34 heavy (non-hydrogen) atoms. The lowest BCUT2D eigenvalue weighted by atomic mass is 9.53. The van der Waals surface area contributed by atoms with Crippen LogP contribution in [0.15, 0.2) is 36.4 Å². The first-order chi connectivity index (χ1) is 16.5. The maximum absolute atomic E-state index is 15.7. The zero-order valence-corrected chi connectivity index (χ0v) is 20.7. The van der Waals surface area contributed by atoms with E-state index in [0.29, 0.717) is 6.04 Å². The number of fused-ring (bicyclic) bond motifs is 1. The van der Waals surface area contributed by atoms with Gasteiger partial charge in [-0.3, -0.25) is 0 Å². The summed E-state index contributed by atoms with van der Waals surface area (Å²) in [5, 5.41) is 7.64. The standard InChI is InChI=1S/C30H39FN2O/c1-3-4-5-23-13-22-14-25(34-2)7-9-26(22)29(32-23)27-8-6-24(15-28(27)31)33-30-16-19-10-20(17-30)12-21(11-19)18-30/h6-9,14-15,19-21,23,29,32-33H,3-5,10-13,16-18H2,1-2H3/t19?,20?,21?,23-,29+,30?/m0/s1. The maximum atomic E-state index is 15.7. The summed E-state index contributed by atoms with van der Waals surface area (Å²) >= 11 is 0. The molecular weight excluding hydrogens is 423 g/mol. The lowest BCUT2D eigenvalue weighted by Gasteiger charge is -2.57. The van der Waals surface area contributed by atoms with Crippen LogP contribution >= 0.6 is 0 Å². The van der Waals surface area contributed by atoms with Crippen LogP contribution in [0.5, 0.6) is 5.75 Å². The molecule has 1 aliphatic heterocycles. The Morgan fingerprint density at radius 1 is 1.00 bits per heavy atom. The first-order valence-electron chi connectivity index (χ1n) is 13.5. The van der Waals surface area contributed by atoms with Crippen LogP contribution < -0.4 is 15.4 Å². The minimum atomic E-state index is -0.120. The number of methoxy groups -OCH3 is 1. The Hall–Kier alpha value is -2.07. The summed E-state index contributed by atoms with van der Waals surface area (Å²) in [6.45, 7) is 2.23. The maximum Gasteiger partial charge on any atom is 0.130 e. The van der Waals surface area contributed by atoms with Crippen molar-refractivity contribution in [2.45, 2.75) is 88.8 Å². The Balaban J connectivity index is 1.27. The van der Waals surface area contributed by atoms with E-state index in [-0.39, 0.29) is 17.4 Å². The molecule has 7 rings (SSSR count). The van der Waals surface area contributed by atoms with Gasteiger partial charge in [-0.25, -0.2) is 4.39 Å². The van der Waals surface area contributed by atoms with Gasteiger partial charge in [0.1, 0.15) is 11.6 Å². The van der Waals surface area contributed by atoms with Gasteiger partial charge in [-0.15, -0.1) is 0 Å². The van der Waals surface area contributed by atoms with Crippen molar-refractivity contribution in [3.63, 3.8) is 0 Å². The van der Waals surface area contributed by atoms with Gasteiger partial charge in [-0.2, -0.15) is 0 Å². The van der Waals surface area contributed by atoms with Crippen LogP contribution in [0, 0.1) is 23.6 Å². The largest absolute Gasteiger partial charge is 0.497 e. The Kier molecular flexibility index (Phi) is 5.83. The number of hydrogen-bond acceptors (Lipinski definition) is 3. The molecule has 2 N–H and O–H groups in total. The van der Waals surface area contributed by atoms with Crippen LogP contribution in [0.1, 0.15) is 87.4 Å². The quantitative estimate of drug-likeness (QED) is 0.464. The van der Waals surface area contributed by atoms with Crippen molar-refractivity contribution in [1.82, 2.24) is 5.32 Å². The number of benzene rings is 2. The van der Waals surface area contributed by atoms with Crippen molar-refractivity contribution < 1.29 is 9.13 Å². The van der Waals surface area contributed by atoms with Gasteiger partial charge < -0.3 is 15.4 Å². The summed E-state index contributed by atoms with van der Waals surface area (Å²) < 4.78 is 21.2. The van der Waals surface area contributed by atoms with E-state index in [0.717, 1.165) is 47.6 Å². The molecule has 4 saturated carbocycles. The third-order valence-electron chi connectivity index (χ3n) is 9.20. The average Bonchev–Trinajstić information content (AvgIpc) is 2.81. The first kappa shape index (κ1) is 22.4. The van der Waals surface area contributed by atoms with E-state index < -0.39 is 0 Å². The molecule has 0 radical (unpaired) electrons. The molecule has 4 fully saturated rings. The molecule has 2 aromatic carbocycles. The summed E-state index contributed by atoms with van der Waals surface area (Å²) in [6.07, 6.45) is 12.5. The number of ether oxygens (including phenoxy) is 1. The van der Waals surface area contributed by atoms with E-state index >= 15 is 4.39 Å². The van der Waals surface area contributed by atoms with Crippen molar-refractivity contribution in [3.8, 4) is 5.75 Å². The van der Waals surface area contributed by atoms with Gasteiger partial charge in [0.05, 0.1) is 13.2 Å². The number of anilines is 1. The smallest absolute Gasteiger partial charge is 0.130 e. The van der Waals surface area contributed by atoms with E-state index in [1.165, 1.54) is 62.5 Å². The van der Waals surface area contributed by atoms with Crippen molar-refractivity contribution in [1.29, 1.82) is 0 Å². The number of nitrogens with one attached hydrogen (secondary N) is 2. The van der Waals surface area contributed by atoms with Gasteiger partial charge in [0.2, 0.25) is 0 Å². The van der Waals surface area contributed by atoms with Gasteiger partial charge in [0.25, 0.3) is 0 Å². The van der Waals surface area contributed by atoms with Crippen molar-refractivity contribution in [2.75, 3.05) is 12.4 Å². The third-order valence-corrected chi connectivity index (χ3v) is 9.20. The van der Waals surface area contributed by atoms with Gasteiger partial charge in [0, 0.05) is 22.8 Å². The highest BCUT2D eigenvalue weighted by Gasteiger charge is 2.50. The van der Waals surface area contributed by atoms with E-state index in [4.69, 9.17) is 4.74 Å². The highest BCUT2D eigenvalue weighted by Crippen LogP contribution is 2.56. The van der Waals surface area contributed by atoms with E-state index in [2.05, 4.69) is 35.8 Å². The molecule has 0 spiro atoms. The van der Waals surface area contributed by atoms with E-state index in [1.807, 2.05) is 12.1 Å². The fourth-order valence-corrected chi connectivity index (χ4v) is 8.12. The molecule has 4 heteroatoms. The molecule has 4 aliphatic carbocycles. The van der Waals surface area contributed by atoms with Gasteiger partial charge in [-0.05, 0) is 105 Å². The van der Waals surface area contributed by atoms with E-state index in [9.17, 15) is 0 Å². The van der Waals surface area contributed by atoms with Crippen LogP contribution in [0.25, 0.3) is 0 Å². The Morgan fingerprint density at radius 2 is 1.71 bits per heavy atom. The lowest BCUT2D eigenvalue weighted by Crippen LogP contribution is -2.54. The molecule has 182 valence electrons. The van der Waals surface area contributed by atoms with Crippen LogP contribution in [-0.2, 0) is 6.42 Å². The Morgan fingerprint density at radius 3 is 2.35 bits per heavy atom. The van der Waals surface area contributed by atoms with Crippen LogP contribution in [0.3, 0.4) is 0 Å². The Bertz CT molecular complexity index is 1010. The highest BCUT2D eigenvalue weighted by atomic mass is 19.1. The second kappa shape index (κ2) is 8.86. The zero-order valence-electron chi connectivity index (χ0n) is 20.7. The molecule has 0 saturated heterocycles. The van der Waals surface area contributed by atoms with Gasteiger partial charge >= 0.3 is 0 Å². The van der Waals surface area contributed by atoms with E-state index in [1.54, 1.807) is 13.2 Å². The first-order valence-corrected chi connectivity index (χ1v) is 13.5. The molecule has 1 heterocycles. The second-order valence-corrected chi connectivity index (χ2v) is 11.8. The van der Waals surface area contributed by atoms with Crippen molar-refractivity contribution in [3.05, 3.63) is 58.9 Å². The molecule has 0 unspecified atom stereocenters. The Labute approximate surface area is 203 Å². The fraction of sp³-hybridized carbons (Fsp3) is 0.600. The van der Waals surface area contributed by atoms with Crippen LogP contribution in [-0.4, -0.2) is 18.7 Å². The number of rotatable bonds is 7. The van der Waals surface area contributed by atoms with Crippen molar-refractivity contribution >= 4 is 5.69 Å². The second-order valence-electron chi connectivity index (χ2n) is 11.8. The minimum Gasteiger partial charge on any atom is -0.497 e. The predicted octanol–water partition coefficient (Wildman–Crippen LogP) is 7.01. The third kappa shape index (κ3) is 4.12. The number of halogens is 1. The predicted molar refractivity (Wildman–Crippen MR) is 136 cm³/mol. The minimum absolute atomic E-state index is 0.106. The number of unbranched alkanes of at least 4 members (excludes halogenated alkanes) is 1. The summed E-state index contributed by atoms with van der Waals surface area (Å²) in [7, 11) is 1.71. The summed E-state index contributed by atoms with van der Waals surface area (Å²) in [5.41, 5.74) is 4.36.